The minimum atomic E-state index is -0.150. The van der Waals surface area contributed by atoms with Crippen molar-refractivity contribution in [1.82, 2.24) is 0 Å². The predicted molar refractivity (Wildman–Crippen MR) is 112 cm³/mol. The van der Waals surface area contributed by atoms with Gasteiger partial charge in [0.05, 0.1) is 0 Å². The summed E-state index contributed by atoms with van der Waals surface area (Å²) in [4.78, 5) is 0. The van der Waals surface area contributed by atoms with E-state index in [4.69, 9.17) is 0 Å². The van der Waals surface area contributed by atoms with Crippen LogP contribution in [0.2, 0.25) is 0 Å². The van der Waals surface area contributed by atoms with E-state index in [9.17, 15) is 0 Å². The average Bonchev–Trinajstić information content (AvgIpc) is 2.98. The summed E-state index contributed by atoms with van der Waals surface area (Å²) < 4.78 is 1.48. The van der Waals surface area contributed by atoms with Gasteiger partial charge >= 0.3 is 178 Å². The number of benzene rings is 2. The van der Waals surface area contributed by atoms with Gasteiger partial charge in [-0.25, -0.2) is 0 Å². The minimum absolute atomic E-state index is 0. The van der Waals surface area contributed by atoms with Gasteiger partial charge in [0, 0.05) is 0 Å². The van der Waals surface area contributed by atoms with Crippen LogP contribution in [-0.2, 0) is 25.9 Å². The van der Waals surface area contributed by atoms with E-state index in [-0.39, 0.29) is 53.5 Å². The van der Waals surface area contributed by atoms with Crippen molar-refractivity contribution in [2.45, 2.75) is 53.4 Å². The van der Waals surface area contributed by atoms with Crippen LogP contribution >= 0.6 is 0 Å². The molecule has 0 radical (unpaired) electrons. The summed E-state index contributed by atoms with van der Waals surface area (Å²) in [5.41, 5.74) is 5.89. The van der Waals surface area contributed by atoms with Crippen LogP contribution in [0, 0.1) is 10.8 Å². The molecule has 0 heterocycles. The first kappa shape index (κ1) is 29.5. The second kappa shape index (κ2) is 10.9. The molecule has 0 N–H and O–H groups in total. The van der Waals surface area contributed by atoms with Crippen molar-refractivity contribution in [1.29, 1.82) is 0 Å². The van der Waals surface area contributed by atoms with Crippen LogP contribution in [0.25, 0.3) is 0 Å². The van der Waals surface area contributed by atoms with E-state index >= 15 is 0 Å². The summed E-state index contributed by atoms with van der Waals surface area (Å²) in [6, 6.07) is 22.2. The van der Waals surface area contributed by atoms with Crippen LogP contribution in [-0.4, -0.2) is 0 Å². The van der Waals surface area contributed by atoms with Crippen molar-refractivity contribution in [3.8, 4) is 0 Å². The Morgan fingerprint density at radius 2 is 1.07 bits per heavy atom. The molecule has 0 unspecified atom stereocenters. The third-order valence-electron chi connectivity index (χ3n) is 5.88. The van der Waals surface area contributed by atoms with Gasteiger partial charge in [0.15, 0.2) is 0 Å². The van der Waals surface area contributed by atoms with E-state index in [0.717, 1.165) is 6.42 Å². The molecule has 1 aliphatic carbocycles. The Kier molecular flexibility index (Phi) is 10.7. The third kappa shape index (κ3) is 5.11. The molecule has 0 saturated carbocycles. The molecule has 0 atom stereocenters. The Bertz CT molecular complexity index is 830. The summed E-state index contributed by atoms with van der Waals surface area (Å²) in [5.74, 6) is 0. The molecule has 2 aromatic rings. The third-order valence-corrected chi connectivity index (χ3v) is 6.77. The number of halogens is 3. The van der Waals surface area contributed by atoms with Crippen molar-refractivity contribution in [2.75, 3.05) is 0 Å². The van der Waals surface area contributed by atoms with E-state index in [1.165, 1.54) is 20.6 Å². The normalized spacial score (nSPS) is 14.3. The maximum absolute atomic E-state index is 2.47. The van der Waals surface area contributed by atoms with Gasteiger partial charge in [-0.3, -0.25) is 0 Å². The number of hydrogen-bond acceptors (Lipinski definition) is 0. The van der Waals surface area contributed by atoms with Gasteiger partial charge < -0.3 is 37.2 Å². The van der Waals surface area contributed by atoms with Crippen LogP contribution in [0.5, 0.6) is 0 Å². The van der Waals surface area contributed by atoms with Crippen LogP contribution in [0.4, 0.5) is 0 Å². The first-order chi connectivity index (χ1) is 12.6. The SMILES string of the molecule is CC(C)(C)C1=CCC(C(c2ccccc2)(c2ccccc2)C(C)(C)C)=[C]1[Ti+3].[Cl-].[Cl-].[Cl-]. The fourth-order valence-corrected chi connectivity index (χ4v) is 6.00. The van der Waals surface area contributed by atoms with E-state index in [1.807, 2.05) is 0 Å². The summed E-state index contributed by atoms with van der Waals surface area (Å²) in [7, 11) is 0. The maximum Gasteiger partial charge on any atom is -1.00 e. The van der Waals surface area contributed by atoms with Gasteiger partial charge in [-0.05, 0) is 0 Å². The Morgan fingerprint density at radius 3 is 1.37 bits per heavy atom. The van der Waals surface area contributed by atoms with Crippen molar-refractivity contribution in [3.05, 3.63) is 92.9 Å². The molecule has 3 rings (SSSR count). The molecule has 160 valence electrons. The van der Waals surface area contributed by atoms with Crippen molar-refractivity contribution >= 4 is 0 Å². The quantitative estimate of drug-likeness (QED) is 0.440. The van der Waals surface area contributed by atoms with E-state index in [2.05, 4.69) is 129 Å². The molecular weight excluding hydrogens is 467 g/mol. The topological polar surface area (TPSA) is 0 Å². The van der Waals surface area contributed by atoms with Crippen LogP contribution < -0.4 is 37.2 Å². The Labute approximate surface area is 213 Å². The second-order valence-corrected chi connectivity index (χ2v) is 10.4. The molecule has 4 heteroatoms. The molecular formula is C26H31Cl3Ti. The van der Waals surface area contributed by atoms with Crippen LogP contribution in [0.15, 0.2) is 81.8 Å². The zero-order valence-electron chi connectivity index (χ0n) is 18.7. The van der Waals surface area contributed by atoms with Crippen molar-refractivity contribution in [3.63, 3.8) is 0 Å². The van der Waals surface area contributed by atoms with Gasteiger partial charge in [0.2, 0.25) is 0 Å². The summed E-state index contributed by atoms with van der Waals surface area (Å²) in [6.45, 7) is 14.2. The molecule has 0 fully saturated rings. The molecule has 0 bridgehead atoms. The van der Waals surface area contributed by atoms with Crippen LogP contribution in [0.3, 0.4) is 0 Å². The van der Waals surface area contributed by atoms with Crippen molar-refractivity contribution < 1.29 is 57.7 Å². The van der Waals surface area contributed by atoms with Crippen molar-refractivity contribution in [2.24, 2.45) is 10.8 Å². The molecule has 0 amide bonds. The van der Waals surface area contributed by atoms with Gasteiger partial charge in [-0.1, -0.05) is 0 Å². The molecule has 0 saturated heterocycles. The average molecular weight is 498 g/mol. The molecule has 0 aromatic heterocycles. The first-order valence-electron chi connectivity index (χ1n) is 9.87. The molecule has 0 aliphatic heterocycles. The van der Waals surface area contributed by atoms with Gasteiger partial charge in [-0.2, -0.15) is 0 Å². The minimum Gasteiger partial charge on any atom is -1.00 e. The van der Waals surface area contributed by atoms with Gasteiger partial charge in [0.1, 0.15) is 0 Å². The number of hydrogen-bond donors (Lipinski definition) is 0. The molecule has 2 aromatic carbocycles. The fraction of sp³-hybridized carbons (Fsp3) is 0.385. The number of allylic oxidation sites excluding steroid dienone is 4. The van der Waals surface area contributed by atoms with Crippen LogP contribution in [0.1, 0.15) is 59.1 Å². The van der Waals surface area contributed by atoms with Gasteiger partial charge in [0.25, 0.3) is 0 Å². The Morgan fingerprint density at radius 1 is 0.667 bits per heavy atom. The van der Waals surface area contributed by atoms with E-state index < -0.39 is 0 Å². The molecule has 30 heavy (non-hydrogen) atoms. The Hall–Kier alpha value is -0.496. The number of rotatable bonds is 3. The molecule has 1 aliphatic rings. The van der Waals surface area contributed by atoms with Gasteiger partial charge in [-0.15, -0.1) is 0 Å². The molecule has 0 nitrogen and oxygen atoms in total. The first-order valence-corrected chi connectivity index (χ1v) is 10.7. The second-order valence-electron chi connectivity index (χ2n) is 9.66. The van der Waals surface area contributed by atoms with E-state index in [1.54, 1.807) is 5.57 Å². The standard InChI is InChI=1S/C26H31.3ClH.Ti/c1-24(2,3)22-17-18-23(19-22)26(25(4,5)6,20-13-9-7-10-14-20)21-15-11-8-12-16-21;;;;/h7-17H,18H2,1-6H3;3*1H;/q;;;;+3/p-3. The summed E-state index contributed by atoms with van der Waals surface area (Å²) in [5, 5.41) is 0. The zero-order chi connectivity index (χ0) is 19.9. The summed E-state index contributed by atoms with van der Waals surface area (Å²) >= 11 is 2.34. The molecule has 0 spiro atoms. The predicted octanol–water partition coefficient (Wildman–Crippen LogP) is -1.79. The maximum atomic E-state index is 2.47. The summed E-state index contributed by atoms with van der Waals surface area (Å²) in [6.07, 6.45) is 3.50. The smallest absolute Gasteiger partial charge is 1.00 e. The largest absolute Gasteiger partial charge is 1.00 e. The fourth-order valence-electron chi connectivity index (χ4n) is 4.80. The zero-order valence-corrected chi connectivity index (χ0v) is 22.5. The van der Waals surface area contributed by atoms with E-state index in [0.29, 0.717) is 0 Å². The Balaban J connectivity index is 0.00000280. The monoisotopic (exact) mass is 496 g/mol.